The Morgan fingerprint density at radius 3 is 2.95 bits per heavy atom. The van der Waals surface area contributed by atoms with Crippen LogP contribution in [0.25, 0.3) is 0 Å². The fraction of sp³-hybridized carbons (Fsp3) is 0.692. The van der Waals surface area contributed by atoms with Gasteiger partial charge < -0.3 is 10.1 Å². The number of hydrogen-bond donors (Lipinski definition) is 2. The van der Waals surface area contributed by atoms with Crippen LogP contribution in [-0.4, -0.2) is 34.7 Å². The van der Waals surface area contributed by atoms with Crippen molar-refractivity contribution in [3.8, 4) is 0 Å². The molecule has 0 saturated heterocycles. The van der Waals surface area contributed by atoms with E-state index in [9.17, 15) is 8.42 Å². The molecule has 0 spiro atoms. The third-order valence-electron chi connectivity index (χ3n) is 3.08. The Morgan fingerprint density at radius 1 is 1.45 bits per heavy atom. The van der Waals surface area contributed by atoms with E-state index in [1.807, 2.05) is 6.92 Å². The van der Waals surface area contributed by atoms with Gasteiger partial charge in [-0.3, -0.25) is 0 Å². The quantitative estimate of drug-likeness (QED) is 0.643. The minimum absolute atomic E-state index is 0.327. The Morgan fingerprint density at radius 2 is 2.25 bits per heavy atom. The molecule has 1 saturated carbocycles. The summed E-state index contributed by atoms with van der Waals surface area (Å²) in [6, 6.07) is 1.72. The van der Waals surface area contributed by atoms with Crippen LogP contribution in [-0.2, 0) is 21.3 Å². The molecule has 20 heavy (non-hydrogen) atoms. The van der Waals surface area contributed by atoms with Gasteiger partial charge in [-0.25, -0.2) is 13.1 Å². The first-order valence-corrected chi connectivity index (χ1v) is 9.33. The van der Waals surface area contributed by atoms with Crippen molar-refractivity contribution >= 4 is 21.4 Å². The molecule has 0 unspecified atom stereocenters. The van der Waals surface area contributed by atoms with Crippen molar-refractivity contribution in [2.75, 3.05) is 26.3 Å². The highest BCUT2D eigenvalue weighted by atomic mass is 32.2. The second-order valence-electron chi connectivity index (χ2n) is 4.95. The molecule has 0 radical (unpaired) electrons. The van der Waals surface area contributed by atoms with E-state index < -0.39 is 10.0 Å². The molecule has 0 bridgehead atoms. The molecule has 1 fully saturated rings. The first kappa shape index (κ1) is 15.9. The smallest absolute Gasteiger partial charge is 0.241 e. The van der Waals surface area contributed by atoms with Gasteiger partial charge >= 0.3 is 0 Å². The lowest BCUT2D eigenvalue weighted by molar-refractivity contribution is 0.129. The van der Waals surface area contributed by atoms with Crippen LogP contribution in [0.5, 0.6) is 0 Å². The van der Waals surface area contributed by atoms with Gasteiger partial charge in [0.1, 0.15) is 0 Å². The summed E-state index contributed by atoms with van der Waals surface area (Å²) in [7, 11) is -3.40. The van der Waals surface area contributed by atoms with E-state index in [-0.39, 0.29) is 0 Å². The van der Waals surface area contributed by atoms with Gasteiger partial charge in [-0.1, -0.05) is 6.92 Å². The molecule has 0 aliphatic heterocycles. The van der Waals surface area contributed by atoms with Crippen molar-refractivity contribution in [2.24, 2.45) is 5.92 Å². The molecule has 1 aliphatic carbocycles. The van der Waals surface area contributed by atoms with Crippen LogP contribution < -0.4 is 10.0 Å². The summed E-state index contributed by atoms with van der Waals surface area (Å²) in [5.74, 6) is 0.706. The number of rotatable bonds is 10. The average Bonchev–Trinajstić information content (AvgIpc) is 3.11. The lowest BCUT2D eigenvalue weighted by Gasteiger charge is -2.05. The summed E-state index contributed by atoms with van der Waals surface area (Å²) in [6.45, 7) is 5.12. The molecular weight excluding hydrogens is 296 g/mol. The molecule has 1 aromatic rings. The number of nitrogens with one attached hydrogen (secondary N) is 2. The minimum atomic E-state index is -3.40. The average molecular weight is 318 g/mol. The van der Waals surface area contributed by atoms with E-state index in [0.717, 1.165) is 18.0 Å². The van der Waals surface area contributed by atoms with Crippen molar-refractivity contribution < 1.29 is 13.2 Å². The fourth-order valence-corrected chi connectivity index (χ4v) is 3.97. The highest BCUT2D eigenvalue weighted by Crippen LogP contribution is 2.28. The van der Waals surface area contributed by atoms with Gasteiger partial charge in [-0.05, 0) is 31.4 Å². The summed E-state index contributed by atoms with van der Waals surface area (Å²) < 4.78 is 32.1. The topological polar surface area (TPSA) is 67.4 Å². The first-order chi connectivity index (χ1) is 9.62. The second-order valence-corrected chi connectivity index (χ2v) is 7.71. The molecule has 0 amide bonds. The van der Waals surface area contributed by atoms with Crippen molar-refractivity contribution in [2.45, 2.75) is 31.2 Å². The van der Waals surface area contributed by atoms with Gasteiger partial charge in [0, 0.05) is 30.0 Å². The summed E-state index contributed by atoms with van der Waals surface area (Å²) in [5, 5.41) is 4.86. The maximum atomic E-state index is 12.0. The van der Waals surface area contributed by atoms with Crippen LogP contribution in [0.2, 0.25) is 0 Å². The van der Waals surface area contributed by atoms with Gasteiger partial charge in [-0.15, -0.1) is 11.3 Å². The maximum absolute atomic E-state index is 12.0. The zero-order valence-corrected chi connectivity index (χ0v) is 13.4. The Labute approximate surface area is 124 Å². The molecular formula is C13H22N2O3S2. The number of ether oxygens (including phenoxy) is 1. The van der Waals surface area contributed by atoms with Gasteiger partial charge in [0.25, 0.3) is 0 Å². The molecule has 1 heterocycles. The lowest BCUT2D eigenvalue weighted by atomic mass is 10.4. The molecule has 5 nitrogen and oxygen atoms in total. The first-order valence-electron chi connectivity index (χ1n) is 6.97. The summed E-state index contributed by atoms with van der Waals surface area (Å²) in [5.41, 5.74) is 0. The van der Waals surface area contributed by atoms with E-state index in [2.05, 4.69) is 10.0 Å². The standard InChI is InChI=1S/C13H22N2O3S2/c1-2-14-8-12-7-13(10-19-12)20(16,17)15-5-6-18-9-11-3-4-11/h7,10-11,14-15H,2-6,8-9H2,1H3. The highest BCUT2D eigenvalue weighted by molar-refractivity contribution is 7.89. The summed E-state index contributed by atoms with van der Waals surface area (Å²) in [4.78, 5) is 1.37. The molecule has 114 valence electrons. The number of thiophene rings is 1. The predicted molar refractivity (Wildman–Crippen MR) is 80.4 cm³/mol. The van der Waals surface area contributed by atoms with Crippen molar-refractivity contribution in [3.63, 3.8) is 0 Å². The van der Waals surface area contributed by atoms with Crippen LogP contribution in [0.4, 0.5) is 0 Å². The van der Waals surface area contributed by atoms with E-state index in [1.54, 1.807) is 11.4 Å². The van der Waals surface area contributed by atoms with E-state index in [0.29, 0.717) is 30.5 Å². The second kappa shape index (κ2) is 7.51. The van der Waals surface area contributed by atoms with Gasteiger partial charge in [0.05, 0.1) is 11.5 Å². The van der Waals surface area contributed by atoms with Crippen molar-refractivity contribution in [1.82, 2.24) is 10.0 Å². The van der Waals surface area contributed by atoms with Crippen LogP contribution in [0.1, 0.15) is 24.6 Å². The minimum Gasteiger partial charge on any atom is -0.380 e. The lowest BCUT2D eigenvalue weighted by Crippen LogP contribution is -2.27. The van der Waals surface area contributed by atoms with Crippen LogP contribution in [0.3, 0.4) is 0 Å². The Bertz CT molecular complexity index is 509. The van der Waals surface area contributed by atoms with Gasteiger partial charge in [0.2, 0.25) is 10.0 Å². The van der Waals surface area contributed by atoms with E-state index in [1.165, 1.54) is 24.2 Å². The Kier molecular flexibility index (Phi) is 5.98. The third kappa shape index (κ3) is 5.14. The van der Waals surface area contributed by atoms with Crippen LogP contribution in [0, 0.1) is 5.92 Å². The predicted octanol–water partition coefficient (Wildman–Crippen LogP) is 1.56. The van der Waals surface area contributed by atoms with Gasteiger partial charge in [-0.2, -0.15) is 0 Å². The molecule has 1 aliphatic rings. The van der Waals surface area contributed by atoms with E-state index in [4.69, 9.17) is 4.74 Å². The Balaban J connectivity index is 1.74. The highest BCUT2D eigenvalue weighted by Gasteiger charge is 2.21. The largest absolute Gasteiger partial charge is 0.380 e. The fourth-order valence-electron chi connectivity index (χ4n) is 1.71. The zero-order chi connectivity index (χ0) is 14.4. The zero-order valence-electron chi connectivity index (χ0n) is 11.7. The van der Waals surface area contributed by atoms with E-state index >= 15 is 0 Å². The van der Waals surface area contributed by atoms with Crippen molar-refractivity contribution in [3.05, 3.63) is 16.3 Å². The number of hydrogen-bond acceptors (Lipinski definition) is 5. The van der Waals surface area contributed by atoms with Crippen LogP contribution >= 0.6 is 11.3 Å². The number of sulfonamides is 1. The van der Waals surface area contributed by atoms with Gasteiger partial charge in [0.15, 0.2) is 0 Å². The van der Waals surface area contributed by atoms with Crippen LogP contribution in [0.15, 0.2) is 16.3 Å². The summed E-state index contributed by atoms with van der Waals surface area (Å²) >= 11 is 1.46. The molecule has 1 aromatic heterocycles. The molecule has 0 aromatic carbocycles. The monoisotopic (exact) mass is 318 g/mol. The summed E-state index contributed by atoms with van der Waals surface area (Å²) in [6.07, 6.45) is 2.49. The molecule has 2 rings (SSSR count). The third-order valence-corrected chi connectivity index (χ3v) is 5.60. The molecule has 7 heteroatoms. The van der Waals surface area contributed by atoms with Crippen molar-refractivity contribution in [1.29, 1.82) is 0 Å². The maximum Gasteiger partial charge on any atom is 0.241 e. The Hall–Kier alpha value is -0.470. The molecule has 2 N–H and O–H groups in total. The normalized spacial score (nSPS) is 15.7. The molecule has 0 atom stereocenters. The SMILES string of the molecule is CCNCc1cc(S(=O)(=O)NCCOCC2CC2)cs1.